The van der Waals surface area contributed by atoms with Crippen LogP contribution < -0.4 is 4.74 Å². The Morgan fingerprint density at radius 2 is 2.22 bits per heavy atom. The number of hydrogen-bond donors (Lipinski definition) is 0. The van der Waals surface area contributed by atoms with E-state index in [2.05, 4.69) is 4.99 Å². The standard InChI is InChI=1S/C15H10N2O5S/c1-21-13-5-4-9(7-12(13)17(19)20)14-16-11(15(18)22-14)8-10-3-2-6-23-10/h2-8H,1H3/b11-8-. The molecule has 0 aliphatic carbocycles. The maximum Gasteiger partial charge on any atom is 0.363 e. The average molecular weight is 330 g/mol. The van der Waals surface area contributed by atoms with Crippen LogP contribution in [0.5, 0.6) is 5.75 Å². The number of carbonyl (C=O) groups is 1. The molecule has 0 radical (unpaired) electrons. The van der Waals surface area contributed by atoms with Crippen molar-refractivity contribution in [2.75, 3.05) is 7.11 Å². The molecule has 0 atom stereocenters. The monoisotopic (exact) mass is 330 g/mol. The van der Waals surface area contributed by atoms with Gasteiger partial charge in [0, 0.05) is 16.5 Å². The van der Waals surface area contributed by atoms with Crippen LogP contribution in [0, 0.1) is 10.1 Å². The Kier molecular flexibility index (Phi) is 3.90. The highest BCUT2D eigenvalue weighted by molar-refractivity contribution is 7.10. The maximum absolute atomic E-state index is 11.9. The molecule has 116 valence electrons. The van der Waals surface area contributed by atoms with Crippen LogP contribution in [0.1, 0.15) is 10.4 Å². The largest absolute Gasteiger partial charge is 0.490 e. The molecule has 2 heterocycles. The number of ether oxygens (including phenoxy) is 2. The van der Waals surface area contributed by atoms with E-state index in [0.29, 0.717) is 5.56 Å². The van der Waals surface area contributed by atoms with Crippen molar-refractivity contribution in [2.45, 2.75) is 0 Å². The Morgan fingerprint density at radius 3 is 2.87 bits per heavy atom. The van der Waals surface area contributed by atoms with E-state index in [1.54, 1.807) is 12.1 Å². The molecule has 0 N–H and O–H groups in total. The zero-order valence-electron chi connectivity index (χ0n) is 11.9. The summed E-state index contributed by atoms with van der Waals surface area (Å²) in [5.41, 5.74) is 0.265. The van der Waals surface area contributed by atoms with E-state index in [4.69, 9.17) is 9.47 Å². The highest BCUT2D eigenvalue weighted by Crippen LogP contribution is 2.29. The lowest BCUT2D eigenvalue weighted by molar-refractivity contribution is -0.385. The molecule has 1 aromatic carbocycles. The fourth-order valence-electron chi connectivity index (χ4n) is 2.01. The summed E-state index contributed by atoms with van der Waals surface area (Å²) in [5.74, 6) is -0.437. The second-order valence-electron chi connectivity index (χ2n) is 4.50. The number of carbonyl (C=O) groups excluding carboxylic acids is 1. The van der Waals surface area contributed by atoms with Crippen molar-refractivity contribution in [3.8, 4) is 5.75 Å². The van der Waals surface area contributed by atoms with Gasteiger partial charge in [-0.2, -0.15) is 0 Å². The Bertz CT molecular complexity index is 840. The van der Waals surface area contributed by atoms with Crippen LogP contribution in [0.4, 0.5) is 5.69 Å². The number of esters is 1. The average Bonchev–Trinajstić information content (AvgIpc) is 3.17. The maximum atomic E-state index is 11.9. The van der Waals surface area contributed by atoms with Crippen molar-refractivity contribution < 1.29 is 19.2 Å². The van der Waals surface area contributed by atoms with Gasteiger partial charge in [0.05, 0.1) is 12.0 Å². The Morgan fingerprint density at radius 1 is 1.39 bits per heavy atom. The lowest BCUT2D eigenvalue weighted by Gasteiger charge is -2.03. The van der Waals surface area contributed by atoms with E-state index >= 15 is 0 Å². The minimum absolute atomic E-state index is 0.0311. The van der Waals surface area contributed by atoms with Gasteiger partial charge < -0.3 is 9.47 Å². The summed E-state index contributed by atoms with van der Waals surface area (Å²) in [6, 6.07) is 7.95. The van der Waals surface area contributed by atoms with Gasteiger partial charge in [0.25, 0.3) is 0 Å². The molecule has 1 aliphatic heterocycles. The number of nitrogens with zero attached hydrogens (tertiary/aromatic N) is 2. The molecule has 0 bridgehead atoms. The summed E-state index contributed by atoms with van der Waals surface area (Å²) in [6.45, 7) is 0. The Hall–Kier alpha value is -3.00. The molecule has 0 unspecified atom stereocenters. The second kappa shape index (κ2) is 6.01. The first-order valence-electron chi connectivity index (χ1n) is 6.47. The van der Waals surface area contributed by atoms with Gasteiger partial charge in [0.2, 0.25) is 5.90 Å². The third-order valence-corrected chi connectivity index (χ3v) is 3.88. The lowest BCUT2D eigenvalue weighted by Crippen LogP contribution is -2.06. The molecule has 2 aromatic rings. The number of rotatable bonds is 4. The minimum atomic E-state index is -0.591. The van der Waals surface area contributed by atoms with Crippen molar-refractivity contribution in [3.63, 3.8) is 0 Å². The predicted octanol–water partition coefficient (Wildman–Crippen LogP) is 3.01. The first-order chi connectivity index (χ1) is 11.1. The van der Waals surface area contributed by atoms with Gasteiger partial charge in [-0.1, -0.05) is 6.07 Å². The molecule has 1 aliphatic rings. The van der Waals surface area contributed by atoms with Crippen LogP contribution in [0.25, 0.3) is 6.08 Å². The van der Waals surface area contributed by atoms with E-state index in [1.165, 1.54) is 30.6 Å². The van der Waals surface area contributed by atoms with Gasteiger partial charge in [0.1, 0.15) is 0 Å². The Balaban J connectivity index is 1.98. The van der Waals surface area contributed by atoms with Gasteiger partial charge in [-0.3, -0.25) is 10.1 Å². The highest BCUT2D eigenvalue weighted by Gasteiger charge is 2.26. The van der Waals surface area contributed by atoms with Gasteiger partial charge in [-0.25, -0.2) is 9.79 Å². The number of nitro benzene ring substituents is 1. The van der Waals surface area contributed by atoms with E-state index in [1.807, 2.05) is 17.5 Å². The summed E-state index contributed by atoms with van der Waals surface area (Å²) < 4.78 is 10.0. The van der Waals surface area contributed by atoms with Gasteiger partial charge >= 0.3 is 11.7 Å². The highest BCUT2D eigenvalue weighted by atomic mass is 32.1. The van der Waals surface area contributed by atoms with Crippen LogP contribution >= 0.6 is 11.3 Å². The third-order valence-electron chi connectivity index (χ3n) is 3.07. The molecule has 3 rings (SSSR count). The molecule has 0 fully saturated rings. The zero-order valence-corrected chi connectivity index (χ0v) is 12.7. The fourth-order valence-corrected chi connectivity index (χ4v) is 2.66. The molecule has 8 heteroatoms. The smallest absolute Gasteiger partial charge is 0.363 e. The number of benzene rings is 1. The second-order valence-corrected chi connectivity index (χ2v) is 5.47. The Labute approximate surface area is 134 Å². The number of hydrogen-bond acceptors (Lipinski definition) is 7. The lowest BCUT2D eigenvalue weighted by atomic mass is 10.2. The van der Waals surface area contributed by atoms with Crippen molar-refractivity contribution >= 4 is 35.0 Å². The first-order valence-corrected chi connectivity index (χ1v) is 7.35. The van der Waals surface area contributed by atoms with Gasteiger partial charge in [-0.05, 0) is 29.7 Å². The van der Waals surface area contributed by atoms with Crippen molar-refractivity contribution in [3.05, 3.63) is 62.0 Å². The number of cyclic esters (lactones) is 1. The number of thiophene rings is 1. The summed E-state index contributed by atoms with van der Waals surface area (Å²) in [5, 5.41) is 12.9. The minimum Gasteiger partial charge on any atom is -0.490 e. The molecular formula is C15H10N2O5S. The summed E-state index contributed by atoms with van der Waals surface area (Å²) in [7, 11) is 1.34. The van der Waals surface area contributed by atoms with Crippen LogP contribution in [0.2, 0.25) is 0 Å². The SMILES string of the molecule is COc1ccc(C2=N/C(=C\c3cccs3)C(=O)O2)cc1[N+](=O)[O-]. The molecule has 0 amide bonds. The van der Waals surface area contributed by atoms with Crippen LogP contribution in [0.15, 0.2) is 46.4 Å². The zero-order chi connectivity index (χ0) is 16.4. The number of nitro groups is 1. The van der Waals surface area contributed by atoms with E-state index in [9.17, 15) is 14.9 Å². The van der Waals surface area contributed by atoms with Gasteiger partial charge in [-0.15, -0.1) is 11.3 Å². The normalized spacial score (nSPS) is 15.4. The fraction of sp³-hybridized carbons (Fsp3) is 0.0667. The van der Waals surface area contributed by atoms with Gasteiger partial charge in [0.15, 0.2) is 11.4 Å². The van der Waals surface area contributed by atoms with E-state index < -0.39 is 10.9 Å². The molecule has 0 spiro atoms. The summed E-state index contributed by atoms with van der Waals surface area (Å²) in [6.07, 6.45) is 1.61. The van der Waals surface area contributed by atoms with Crippen LogP contribution in [0.3, 0.4) is 0 Å². The molecule has 0 saturated heterocycles. The number of aliphatic imine (C=N–C) groups is 1. The molecular weight excluding hydrogens is 320 g/mol. The predicted molar refractivity (Wildman–Crippen MR) is 84.6 cm³/mol. The molecule has 1 aromatic heterocycles. The quantitative estimate of drug-likeness (QED) is 0.372. The third kappa shape index (κ3) is 2.97. The van der Waals surface area contributed by atoms with Crippen molar-refractivity contribution in [1.29, 1.82) is 0 Å². The molecule has 23 heavy (non-hydrogen) atoms. The van der Waals surface area contributed by atoms with Crippen LogP contribution in [-0.4, -0.2) is 23.9 Å². The topological polar surface area (TPSA) is 91.0 Å². The molecule has 0 saturated carbocycles. The van der Waals surface area contributed by atoms with E-state index in [-0.39, 0.29) is 23.0 Å². The summed E-state index contributed by atoms with van der Waals surface area (Å²) >= 11 is 1.46. The summed E-state index contributed by atoms with van der Waals surface area (Å²) in [4.78, 5) is 27.3. The molecule has 7 nitrogen and oxygen atoms in total. The first kappa shape index (κ1) is 14.9. The van der Waals surface area contributed by atoms with Crippen LogP contribution in [-0.2, 0) is 9.53 Å². The van der Waals surface area contributed by atoms with Crippen molar-refractivity contribution in [2.24, 2.45) is 4.99 Å². The van der Waals surface area contributed by atoms with E-state index in [0.717, 1.165) is 4.88 Å². The number of methoxy groups -OCH3 is 1. The van der Waals surface area contributed by atoms with Crippen molar-refractivity contribution in [1.82, 2.24) is 0 Å².